The van der Waals surface area contributed by atoms with Gasteiger partial charge in [0.25, 0.3) is 0 Å². The molecule has 0 heterocycles. The van der Waals surface area contributed by atoms with Crippen LogP contribution in [-0.4, -0.2) is 12.6 Å². The van der Waals surface area contributed by atoms with Gasteiger partial charge in [-0.3, -0.25) is 4.79 Å². The maximum Gasteiger partial charge on any atom is 0.302 e. The molecule has 0 radical (unpaired) electrons. The highest BCUT2D eigenvalue weighted by Crippen LogP contribution is 2.12. The Labute approximate surface area is 151 Å². The molecule has 0 saturated carbocycles. The van der Waals surface area contributed by atoms with Crippen LogP contribution in [0.4, 0.5) is 0 Å². The van der Waals surface area contributed by atoms with Crippen LogP contribution in [0.25, 0.3) is 0 Å². The molecular formula is C22H42O2. The van der Waals surface area contributed by atoms with Gasteiger partial charge in [-0.1, -0.05) is 89.7 Å². The van der Waals surface area contributed by atoms with E-state index in [0.717, 1.165) is 6.42 Å². The van der Waals surface area contributed by atoms with Crippen molar-refractivity contribution >= 4 is 5.97 Å². The molecule has 2 heteroatoms. The third-order valence-electron chi connectivity index (χ3n) is 4.46. The summed E-state index contributed by atoms with van der Waals surface area (Å²) in [5.41, 5.74) is 0. The normalized spacial score (nSPS) is 11.2. The second kappa shape index (κ2) is 20.3. The van der Waals surface area contributed by atoms with Crippen LogP contribution in [0.5, 0.6) is 0 Å². The standard InChI is InChI=1S/C22H42O2/c1-3-4-5-6-7-8-9-10-11-12-13-14-15-16-17-18-19-20-21-24-22(2)23/h8-9H,3-7,10-21H2,1-2H3. The van der Waals surface area contributed by atoms with Crippen molar-refractivity contribution < 1.29 is 9.53 Å². The van der Waals surface area contributed by atoms with Crippen molar-refractivity contribution in [2.45, 2.75) is 117 Å². The first-order valence-electron chi connectivity index (χ1n) is 10.6. The summed E-state index contributed by atoms with van der Waals surface area (Å²) < 4.78 is 4.93. The van der Waals surface area contributed by atoms with Crippen molar-refractivity contribution in [2.75, 3.05) is 6.61 Å². The number of ether oxygens (including phenoxy) is 1. The molecule has 24 heavy (non-hydrogen) atoms. The van der Waals surface area contributed by atoms with Crippen molar-refractivity contribution in [2.24, 2.45) is 0 Å². The van der Waals surface area contributed by atoms with E-state index in [1.165, 1.54) is 103 Å². The zero-order chi connectivity index (χ0) is 17.7. The Morgan fingerprint density at radius 2 is 1.08 bits per heavy atom. The van der Waals surface area contributed by atoms with Gasteiger partial charge in [0.05, 0.1) is 6.61 Å². The van der Waals surface area contributed by atoms with Gasteiger partial charge in [-0.15, -0.1) is 0 Å². The Hall–Kier alpha value is -0.790. The van der Waals surface area contributed by atoms with E-state index in [1.807, 2.05) is 0 Å². The third-order valence-corrected chi connectivity index (χ3v) is 4.46. The molecule has 0 unspecified atom stereocenters. The highest BCUT2D eigenvalue weighted by atomic mass is 16.5. The van der Waals surface area contributed by atoms with Crippen LogP contribution >= 0.6 is 0 Å². The lowest BCUT2D eigenvalue weighted by Crippen LogP contribution is -2.00. The minimum atomic E-state index is -0.155. The van der Waals surface area contributed by atoms with Crippen LogP contribution in [0.3, 0.4) is 0 Å². The van der Waals surface area contributed by atoms with E-state index in [9.17, 15) is 4.79 Å². The van der Waals surface area contributed by atoms with Crippen molar-refractivity contribution in [3.05, 3.63) is 12.2 Å². The van der Waals surface area contributed by atoms with E-state index >= 15 is 0 Å². The highest BCUT2D eigenvalue weighted by molar-refractivity contribution is 5.65. The van der Waals surface area contributed by atoms with Gasteiger partial charge in [-0.25, -0.2) is 0 Å². The monoisotopic (exact) mass is 338 g/mol. The number of esters is 1. The summed E-state index contributed by atoms with van der Waals surface area (Å²) in [6.45, 7) is 4.34. The lowest BCUT2D eigenvalue weighted by atomic mass is 10.1. The summed E-state index contributed by atoms with van der Waals surface area (Å²) in [6, 6.07) is 0. The van der Waals surface area contributed by atoms with Gasteiger partial charge >= 0.3 is 5.97 Å². The number of carbonyl (C=O) groups is 1. The average molecular weight is 339 g/mol. The summed E-state index contributed by atoms with van der Waals surface area (Å²) in [7, 11) is 0. The minimum absolute atomic E-state index is 0.155. The molecule has 0 bridgehead atoms. The van der Waals surface area contributed by atoms with Crippen molar-refractivity contribution in [1.29, 1.82) is 0 Å². The first-order valence-corrected chi connectivity index (χ1v) is 10.6. The molecule has 0 rings (SSSR count). The van der Waals surface area contributed by atoms with Gasteiger partial charge in [0, 0.05) is 6.92 Å². The number of unbranched alkanes of at least 4 members (excludes halogenated alkanes) is 14. The van der Waals surface area contributed by atoms with Gasteiger partial charge in [-0.05, 0) is 32.1 Å². The predicted octanol–water partition coefficient (Wildman–Crippen LogP) is 7.37. The SMILES string of the molecule is CCCCCCC=CCCCCCCCCCCCCOC(C)=O. The number of hydrogen-bond donors (Lipinski definition) is 0. The van der Waals surface area contributed by atoms with E-state index in [0.29, 0.717) is 6.61 Å². The lowest BCUT2D eigenvalue weighted by Gasteiger charge is -2.03. The molecule has 0 aliphatic carbocycles. The Bertz CT molecular complexity index is 284. The fourth-order valence-electron chi connectivity index (χ4n) is 2.92. The molecule has 0 aliphatic rings. The first kappa shape index (κ1) is 23.2. The second-order valence-electron chi connectivity index (χ2n) is 6.98. The van der Waals surface area contributed by atoms with Crippen molar-refractivity contribution in [3.8, 4) is 0 Å². The molecule has 0 aromatic heterocycles. The predicted molar refractivity (Wildman–Crippen MR) is 105 cm³/mol. The maximum absolute atomic E-state index is 10.6. The third kappa shape index (κ3) is 21.2. The maximum atomic E-state index is 10.6. The molecule has 0 aliphatic heterocycles. The number of allylic oxidation sites excluding steroid dienone is 2. The summed E-state index contributed by atoms with van der Waals surface area (Å²) in [5.74, 6) is -0.155. The van der Waals surface area contributed by atoms with Crippen LogP contribution < -0.4 is 0 Å². The van der Waals surface area contributed by atoms with Crippen LogP contribution in [0.15, 0.2) is 12.2 Å². The molecule has 142 valence electrons. The fourth-order valence-corrected chi connectivity index (χ4v) is 2.92. The first-order chi connectivity index (χ1) is 11.8. The van der Waals surface area contributed by atoms with Gasteiger partial charge < -0.3 is 4.74 Å². The van der Waals surface area contributed by atoms with Crippen LogP contribution in [-0.2, 0) is 9.53 Å². The zero-order valence-corrected chi connectivity index (χ0v) is 16.5. The minimum Gasteiger partial charge on any atom is -0.466 e. The van der Waals surface area contributed by atoms with Crippen molar-refractivity contribution in [1.82, 2.24) is 0 Å². The molecular weight excluding hydrogens is 296 g/mol. The highest BCUT2D eigenvalue weighted by Gasteiger charge is 1.95. The summed E-state index contributed by atoms with van der Waals surface area (Å²) in [6.07, 6.45) is 25.9. The molecule has 2 nitrogen and oxygen atoms in total. The van der Waals surface area contributed by atoms with Crippen LogP contribution in [0.2, 0.25) is 0 Å². The van der Waals surface area contributed by atoms with E-state index in [1.54, 1.807) is 0 Å². The molecule has 0 atom stereocenters. The van der Waals surface area contributed by atoms with Gasteiger partial charge in [0.15, 0.2) is 0 Å². The summed E-state index contributed by atoms with van der Waals surface area (Å²) in [4.78, 5) is 10.6. The Balaban J connectivity index is 3.05. The Kier molecular flexibility index (Phi) is 19.6. The Morgan fingerprint density at radius 1 is 0.667 bits per heavy atom. The Morgan fingerprint density at radius 3 is 1.54 bits per heavy atom. The second-order valence-corrected chi connectivity index (χ2v) is 6.98. The molecule has 0 spiro atoms. The molecule has 0 amide bonds. The van der Waals surface area contributed by atoms with Gasteiger partial charge in [-0.2, -0.15) is 0 Å². The number of rotatable bonds is 18. The largest absolute Gasteiger partial charge is 0.466 e. The summed E-state index contributed by atoms with van der Waals surface area (Å²) in [5, 5.41) is 0. The number of hydrogen-bond acceptors (Lipinski definition) is 2. The molecule has 0 saturated heterocycles. The van der Waals surface area contributed by atoms with Crippen LogP contribution in [0, 0.1) is 0 Å². The van der Waals surface area contributed by atoms with E-state index in [-0.39, 0.29) is 5.97 Å². The van der Waals surface area contributed by atoms with Crippen molar-refractivity contribution in [3.63, 3.8) is 0 Å². The van der Waals surface area contributed by atoms with E-state index < -0.39 is 0 Å². The average Bonchev–Trinajstić information content (AvgIpc) is 2.56. The molecule has 0 aromatic rings. The van der Waals surface area contributed by atoms with Gasteiger partial charge in [0.1, 0.15) is 0 Å². The van der Waals surface area contributed by atoms with Crippen LogP contribution in [0.1, 0.15) is 117 Å². The smallest absolute Gasteiger partial charge is 0.302 e. The molecule has 0 aromatic carbocycles. The van der Waals surface area contributed by atoms with Gasteiger partial charge in [0.2, 0.25) is 0 Å². The molecule has 0 N–H and O–H groups in total. The molecule has 0 fully saturated rings. The van der Waals surface area contributed by atoms with E-state index in [2.05, 4.69) is 19.1 Å². The topological polar surface area (TPSA) is 26.3 Å². The fraction of sp³-hybridized carbons (Fsp3) is 0.864. The quantitative estimate of drug-likeness (QED) is 0.148. The van der Waals surface area contributed by atoms with E-state index in [4.69, 9.17) is 4.74 Å². The number of carbonyl (C=O) groups excluding carboxylic acids is 1. The lowest BCUT2D eigenvalue weighted by molar-refractivity contribution is -0.141. The zero-order valence-electron chi connectivity index (χ0n) is 16.5. The summed E-state index contributed by atoms with van der Waals surface area (Å²) >= 11 is 0.